The molecule has 3 heterocycles. The van der Waals surface area contributed by atoms with Crippen LogP contribution in [-0.2, 0) is 4.79 Å². The Morgan fingerprint density at radius 3 is 2.67 bits per heavy atom. The first-order valence-corrected chi connectivity index (χ1v) is 8.35. The van der Waals surface area contributed by atoms with Gasteiger partial charge >= 0.3 is 12.1 Å². The second-order valence-corrected chi connectivity index (χ2v) is 6.05. The molecule has 0 spiro atoms. The number of nitrogens with zero attached hydrogens (tertiary/aromatic N) is 5. The maximum Gasteiger partial charge on any atom is 0.490 e. The largest absolute Gasteiger partial charge is 0.490 e. The van der Waals surface area contributed by atoms with E-state index in [-0.39, 0.29) is 0 Å². The molecule has 0 fully saturated rings. The smallest absolute Gasteiger partial charge is 0.475 e. The highest BCUT2D eigenvalue weighted by Gasteiger charge is 2.38. The Morgan fingerprint density at radius 2 is 2.00 bits per heavy atom. The van der Waals surface area contributed by atoms with Gasteiger partial charge < -0.3 is 10.1 Å². The van der Waals surface area contributed by atoms with Crippen molar-refractivity contribution < 1.29 is 23.1 Å². The first-order chi connectivity index (χ1) is 14.2. The van der Waals surface area contributed by atoms with Gasteiger partial charge in [-0.15, -0.1) is 0 Å². The molecule has 0 atom stereocenters. The molecule has 1 aromatic carbocycles. The van der Waals surface area contributed by atoms with Crippen molar-refractivity contribution in [1.29, 1.82) is 5.26 Å². The number of fused-ring (bicyclic) bond motifs is 1. The SMILES string of the molecule is Cc1ccc(C#N)cc1-n1cc(-c2ncnc3[nH]ccc23)cn1.O=C(O)C(F)(F)F. The molecule has 0 aliphatic heterocycles. The van der Waals surface area contributed by atoms with Crippen LogP contribution >= 0.6 is 0 Å². The summed E-state index contributed by atoms with van der Waals surface area (Å²) in [4.78, 5) is 20.5. The maximum atomic E-state index is 10.6. The second kappa shape index (κ2) is 8.04. The van der Waals surface area contributed by atoms with Crippen LogP contribution in [-0.4, -0.2) is 42.0 Å². The molecule has 3 aromatic heterocycles. The van der Waals surface area contributed by atoms with Gasteiger partial charge in [0.2, 0.25) is 0 Å². The monoisotopic (exact) mass is 414 g/mol. The number of H-pyrrole nitrogens is 1. The molecular formula is C19H13F3N6O2. The zero-order chi connectivity index (χ0) is 21.9. The molecule has 152 valence electrons. The Balaban J connectivity index is 0.000000318. The lowest BCUT2D eigenvalue weighted by Gasteiger charge is -2.05. The van der Waals surface area contributed by atoms with Crippen LogP contribution in [0.2, 0.25) is 0 Å². The molecule has 0 saturated carbocycles. The summed E-state index contributed by atoms with van der Waals surface area (Å²) >= 11 is 0. The predicted octanol–water partition coefficient (Wildman–Crippen LogP) is 3.62. The van der Waals surface area contributed by atoms with Gasteiger partial charge in [0, 0.05) is 23.3 Å². The number of benzene rings is 1. The molecule has 4 aromatic rings. The van der Waals surface area contributed by atoms with Gasteiger partial charge in [-0.2, -0.15) is 23.5 Å². The van der Waals surface area contributed by atoms with Crippen LogP contribution in [0.5, 0.6) is 0 Å². The highest BCUT2D eigenvalue weighted by atomic mass is 19.4. The van der Waals surface area contributed by atoms with Crippen LogP contribution < -0.4 is 0 Å². The molecule has 11 heteroatoms. The fraction of sp³-hybridized carbons (Fsp3) is 0.105. The van der Waals surface area contributed by atoms with Crippen molar-refractivity contribution in [3.05, 3.63) is 60.3 Å². The third-order valence-corrected chi connectivity index (χ3v) is 4.04. The molecule has 2 N–H and O–H groups in total. The van der Waals surface area contributed by atoms with E-state index in [1.54, 1.807) is 16.9 Å². The van der Waals surface area contributed by atoms with E-state index in [9.17, 15) is 13.2 Å². The lowest BCUT2D eigenvalue weighted by Crippen LogP contribution is -2.21. The fourth-order valence-electron chi connectivity index (χ4n) is 2.61. The summed E-state index contributed by atoms with van der Waals surface area (Å²) < 4.78 is 33.5. The van der Waals surface area contributed by atoms with E-state index in [1.165, 1.54) is 6.33 Å². The molecule has 0 amide bonds. The lowest BCUT2D eigenvalue weighted by molar-refractivity contribution is -0.192. The number of hydrogen-bond donors (Lipinski definition) is 2. The van der Waals surface area contributed by atoms with E-state index >= 15 is 0 Å². The fourth-order valence-corrected chi connectivity index (χ4v) is 2.61. The topological polar surface area (TPSA) is 120 Å². The van der Waals surface area contributed by atoms with Crippen LogP contribution in [0.25, 0.3) is 28.0 Å². The van der Waals surface area contributed by atoms with Crippen molar-refractivity contribution in [3.63, 3.8) is 0 Å². The average Bonchev–Trinajstić information content (AvgIpc) is 3.37. The van der Waals surface area contributed by atoms with Gasteiger partial charge in [0.1, 0.15) is 12.0 Å². The highest BCUT2D eigenvalue weighted by Crippen LogP contribution is 2.25. The zero-order valence-corrected chi connectivity index (χ0v) is 15.3. The van der Waals surface area contributed by atoms with Gasteiger partial charge in [-0.3, -0.25) is 0 Å². The number of nitrogens with one attached hydrogen (secondary N) is 1. The van der Waals surface area contributed by atoms with Crippen molar-refractivity contribution in [2.24, 2.45) is 0 Å². The summed E-state index contributed by atoms with van der Waals surface area (Å²) in [5.74, 6) is -2.76. The van der Waals surface area contributed by atoms with Crippen molar-refractivity contribution in [1.82, 2.24) is 24.7 Å². The zero-order valence-electron chi connectivity index (χ0n) is 15.3. The van der Waals surface area contributed by atoms with Gasteiger partial charge in [-0.25, -0.2) is 19.4 Å². The predicted molar refractivity (Wildman–Crippen MR) is 99.6 cm³/mol. The highest BCUT2D eigenvalue weighted by molar-refractivity contribution is 5.90. The summed E-state index contributed by atoms with van der Waals surface area (Å²) in [7, 11) is 0. The number of carboxylic acid groups (broad SMARTS) is 1. The third-order valence-electron chi connectivity index (χ3n) is 4.04. The minimum Gasteiger partial charge on any atom is -0.475 e. The molecule has 0 aliphatic carbocycles. The minimum absolute atomic E-state index is 0.609. The van der Waals surface area contributed by atoms with Gasteiger partial charge in [0.15, 0.2) is 0 Å². The number of halogens is 3. The van der Waals surface area contributed by atoms with E-state index in [0.717, 1.165) is 33.5 Å². The molecule has 0 radical (unpaired) electrons. The number of rotatable bonds is 2. The number of aromatic amines is 1. The Labute approximate surface area is 167 Å². The second-order valence-electron chi connectivity index (χ2n) is 6.05. The summed E-state index contributed by atoms with van der Waals surface area (Å²) in [6.07, 6.45) is 1.98. The van der Waals surface area contributed by atoms with Gasteiger partial charge in [0.05, 0.1) is 29.2 Å². The van der Waals surface area contributed by atoms with Crippen molar-refractivity contribution in [3.8, 4) is 23.0 Å². The van der Waals surface area contributed by atoms with Crippen LogP contribution in [0.4, 0.5) is 13.2 Å². The lowest BCUT2D eigenvalue weighted by atomic mass is 10.1. The first-order valence-electron chi connectivity index (χ1n) is 8.35. The molecule has 0 aliphatic rings. The van der Waals surface area contributed by atoms with E-state index in [1.807, 2.05) is 37.5 Å². The quantitative estimate of drug-likeness (QED) is 0.517. The number of carbonyl (C=O) groups is 1. The Bertz CT molecular complexity index is 1250. The van der Waals surface area contributed by atoms with Crippen molar-refractivity contribution >= 4 is 17.0 Å². The van der Waals surface area contributed by atoms with Gasteiger partial charge in [0.25, 0.3) is 0 Å². The summed E-state index contributed by atoms with van der Waals surface area (Å²) in [6, 6.07) is 9.66. The number of aryl methyl sites for hydroxylation is 1. The summed E-state index contributed by atoms with van der Waals surface area (Å²) in [6.45, 7) is 1.99. The Kier molecular flexibility index (Phi) is 5.50. The molecule has 30 heavy (non-hydrogen) atoms. The Hall–Kier alpha value is -4.20. The average molecular weight is 414 g/mol. The maximum absolute atomic E-state index is 10.6. The van der Waals surface area contributed by atoms with Crippen molar-refractivity contribution in [2.75, 3.05) is 0 Å². The molecule has 0 bridgehead atoms. The van der Waals surface area contributed by atoms with Crippen LogP contribution in [0.15, 0.2) is 49.2 Å². The Morgan fingerprint density at radius 1 is 1.27 bits per heavy atom. The van der Waals surface area contributed by atoms with Gasteiger partial charge in [-0.1, -0.05) is 6.07 Å². The summed E-state index contributed by atoms with van der Waals surface area (Å²) in [5.41, 5.74) is 5.07. The molecule has 0 saturated heterocycles. The van der Waals surface area contributed by atoms with Crippen molar-refractivity contribution in [2.45, 2.75) is 13.1 Å². The number of aliphatic carboxylic acids is 1. The number of nitriles is 1. The molecular weight excluding hydrogens is 401 g/mol. The first kappa shape index (κ1) is 20.5. The molecule has 8 nitrogen and oxygen atoms in total. The third kappa shape index (κ3) is 4.27. The standard InChI is InChI=1S/C17H12N6.C2HF3O2/c1-11-2-3-12(7-18)6-15(11)23-9-13(8-22-23)16-14-4-5-19-17(14)21-10-20-16;3-2(4,5)1(6)7/h2-6,8-10H,1H3,(H,19,20,21);(H,6,7). The summed E-state index contributed by atoms with van der Waals surface area (Å²) in [5, 5.41) is 21.6. The van der Waals surface area contributed by atoms with E-state index < -0.39 is 12.1 Å². The van der Waals surface area contributed by atoms with Crippen LogP contribution in [0, 0.1) is 18.3 Å². The van der Waals surface area contributed by atoms with E-state index in [0.29, 0.717) is 5.56 Å². The number of alkyl halides is 3. The van der Waals surface area contributed by atoms with Gasteiger partial charge in [-0.05, 0) is 30.7 Å². The van der Waals surface area contributed by atoms with Crippen LogP contribution in [0.3, 0.4) is 0 Å². The molecule has 4 rings (SSSR count). The van der Waals surface area contributed by atoms with E-state index in [4.69, 9.17) is 15.2 Å². The van der Waals surface area contributed by atoms with E-state index in [2.05, 4.69) is 26.1 Å². The van der Waals surface area contributed by atoms with Crippen LogP contribution in [0.1, 0.15) is 11.1 Å². The number of hydrogen-bond acceptors (Lipinski definition) is 5. The number of carboxylic acids is 1. The molecule has 0 unspecified atom stereocenters. The normalized spacial score (nSPS) is 10.9. The number of aromatic nitrogens is 5. The minimum atomic E-state index is -5.08.